The monoisotopic (exact) mass is 377 g/mol. The summed E-state index contributed by atoms with van der Waals surface area (Å²) in [6.45, 7) is 3.73. The number of rotatable bonds is 5. The van der Waals surface area contributed by atoms with Gasteiger partial charge < -0.3 is 29.4 Å². The first-order valence-corrected chi connectivity index (χ1v) is 8.55. The van der Waals surface area contributed by atoms with E-state index in [-0.39, 0.29) is 23.8 Å². The van der Waals surface area contributed by atoms with E-state index >= 15 is 0 Å². The molecule has 1 aliphatic carbocycles. The minimum atomic E-state index is -1.49. The molecule has 1 aliphatic heterocycles. The highest BCUT2D eigenvalue weighted by molar-refractivity contribution is 6.09. The van der Waals surface area contributed by atoms with Gasteiger partial charge in [-0.2, -0.15) is 0 Å². The molecule has 1 aromatic heterocycles. The fourth-order valence-electron chi connectivity index (χ4n) is 3.45. The number of Topliss-reactive ketones (excluding diaryl/α,β-unsaturated/α-hetero) is 1. The summed E-state index contributed by atoms with van der Waals surface area (Å²) in [4.78, 5) is 37.6. The zero-order chi connectivity index (χ0) is 19.7. The molecule has 0 aromatic carbocycles. The second-order valence-electron chi connectivity index (χ2n) is 6.15. The molecule has 0 spiro atoms. The Hall–Kier alpha value is -3.23. The van der Waals surface area contributed by atoms with Gasteiger partial charge in [-0.1, -0.05) is 20.3 Å². The molecule has 3 N–H and O–H groups in total. The van der Waals surface area contributed by atoms with Crippen LogP contribution in [0.15, 0.2) is 23.2 Å². The number of carbonyl (C=O) groups is 3. The molecule has 1 unspecified atom stereocenters. The van der Waals surface area contributed by atoms with Gasteiger partial charge in [0.2, 0.25) is 11.7 Å². The van der Waals surface area contributed by atoms with Gasteiger partial charge in [-0.25, -0.2) is 9.59 Å². The third kappa shape index (κ3) is 3.40. The maximum atomic E-state index is 12.9. The number of ether oxygens (including phenoxy) is 3. The van der Waals surface area contributed by atoms with E-state index in [0.29, 0.717) is 35.4 Å². The normalized spacial score (nSPS) is 18.6. The lowest BCUT2D eigenvalue weighted by molar-refractivity contribution is 0.0573. The molecule has 0 radical (unpaired) electrons. The predicted octanol–water partition coefficient (Wildman–Crippen LogP) is 3.93. The van der Waals surface area contributed by atoms with Crippen molar-refractivity contribution in [3.05, 3.63) is 34.4 Å². The lowest BCUT2D eigenvalue weighted by Gasteiger charge is -2.33. The standard InChI is InChI=1S/C18H19NO8/c1-3-5-8-9-6-12(26-17(21)22)11(4-2)25-16(9)15(20)10-7-13(19-14(8)10)27-18(23)24/h7,16,19H,3-6H2,1-2H3,(H,21,22)(H,23,24). The van der Waals surface area contributed by atoms with Crippen molar-refractivity contribution in [3.8, 4) is 5.88 Å². The third-order valence-corrected chi connectivity index (χ3v) is 4.45. The van der Waals surface area contributed by atoms with E-state index in [9.17, 15) is 14.4 Å². The Bertz CT molecular complexity index is 876. The number of aromatic amines is 1. The molecular formula is C18H19NO8. The predicted molar refractivity (Wildman–Crippen MR) is 91.5 cm³/mol. The van der Waals surface area contributed by atoms with Crippen molar-refractivity contribution < 1.29 is 38.8 Å². The van der Waals surface area contributed by atoms with Gasteiger partial charge in [0, 0.05) is 18.9 Å². The van der Waals surface area contributed by atoms with E-state index in [4.69, 9.17) is 19.7 Å². The molecule has 9 nitrogen and oxygen atoms in total. The Labute approximate surface area is 154 Å². The van der Waals surface area contributed by atoms with Gasteiger partial charge in [-0.15, -0.1) is 0 Å². The number of H-pyrrole nitrogens is 1. The first kappa shape index (κ1) is 18.6. The van der Waals surface area contributed by atoms with Gasteiger partial charge in [0.25, 0.3) is 0 Å². The van der Waals surface area contributed by atoms with Crippen LogP contribution in [0.25, 0.3) is 5.57 Å². The number of fused-ring (bicyclic) bond motifs is 2. The Morgan fingerprint density at radius 3 is 2.56 bits per heavy atom. The average Bonchev–Trinajstić information content (AvgIpc) is 3.00. The van der Waals surface area contributed by atoms with Crippen LogP contribution in [0.2, 0.25) is 0 Å². The summed E-state index contributed by atoms with van der Waals surface area (Å²) in [5.41, 5.74) is 2.16. The number of hydrogen-bond donors (Lipinski definition) is 3. The molecule has 144 valence electrons. The molecule has 0 bridgehead atoms. The van der Waals surface area contributed by atoms with Gasteiger partial charge in [0.05, 0.1) is 11.3 Å². The highest BCUT2D eigenvalue weighted by Gasteiger charge is 2.41. The molecule has 0 amide bonds. The number of ketones is 1. The number of carboxylic acid groups (broad SMARTS) is 2. The van der Waals surface area contributed by atoms with E-state index in [1.165, 1.54) is 6.07 Å². The topological polar surface area (TPSA) is 135 Å². The summed E-state index contributed by atoms with van der Waals surface area (Å²) in [5.74, 6) is 0.0852. The van der Waals surface area contributed by atoms with Crippen molar-refractivity contribution in [1.82, 2.24) is 4.98 Å². The Balaban J connectivity index is 2.10. The number of carbonyl (C=O) groups excluding carboxylic acids is 1. The van der Waals surface area contributed by atoms with Crippen LogP contribution < -0.4 is 4.74 Å². The van der Waals surface area contributed by atoms with Crippen LogP contribution in [-0.2, 0) is 9.47 Å². The van der Waals surface area contributed by atoms with Crippen molar-refractivity contribution >= 4 is 23.7 Å². The van der Waals surface area contributed by atoms with Gasteiger partial charge in [0.1, 0.15) is 5.76 Å². The molecule has 27 heavy (non-hydrogen) atoms. The van der Waals surface area contributed by atoms with Crippen molar-refractivity contribution in [2.45, 2.75) is 45.6 Å². The quantitative estimate of drug-likeness (QED) is 0.657. The number of hydrogen-bond acceptors (Lipinski definition) is 6. The molecule has 3 rings (SSSR count). The van der Waals surface area contributed by atoms with Crippen LogP contribution in [0.4, 0.5) is 9.59 Å². The van der Waals surface area contributed by atoms with E-state index < -0.39 is 18.4 Å². The van der Waals surface area contributed by atoms with Crippen LogP contribution in [0.5, 0.6) is 5.88 Å². The summed E-state index contributed by atoms with van der Waals surface area (Å²) in [6.07, 6.45) is -1.98. The molecule has 2 heterocycles. The first-order valence-electron chi connectivity index (χ1n) is 8.55. The highest BCUT2D eigenvalue weighted by Crippen LogP contribution is 2.43. The second kappa shape index (κ2) is 7.18. The Morgan fingerprint density at radius 2 is 1.96 bits per heavy atom. The number of nitrogens with one attached hydrogen (secondary N) is 1. The minimum Gasteiger partial charge on any atom is -0.479 e. The molecular weight excluding hydrogens is 358 g/mol. The summed E-state index contributed by atoms with van der Waals surface area (Å²) >= 11 is 0. The van der Waals surface area contributed by atoms with Crippen molar-refractivity contribution in [3.63, 3.8) is 0 Å². The van der Waals surface area contributed by atoms with Gasteiger partial charge in [0.15, 0.2) is 11.9 Å². The van der Waals surface area contributed by atoms with Crippen molar-refractivity contribution in [2.75, 3.05) is 0 Å². The summed E-state index contributed by atoms with van der Waals surface area (Å²) in [6, 6.07) is 1.35. The number of aromatic nitrogens is 1. The SMILES string of the molecule is CCCC1=C2CC(OC(=O)O)=C(CC)OC2C(=O)c2cc(OC(=O)O)[nH]c21. The fourth-order valence-corrected chi connectivity index (χ4v) is 3.45. The lowest BCUT2D eigenvalue weighted by Crippen LogP contribution is -2.35. The summed E-state index contributed by atoms with van der Waals surface area (Å²) in [5, 5.41) is 17.8. The second-order valence-corrected chi connectivity index (χ2v) is 6.15. The van der Waals surface area contributed by atoms with E-state index in [0.717, 1.165) is 12.0 Å². The molecule has 2 aliphatic rings. The van der Waals surface area contributed by atoms with Crippen LogP contribution in [0, 0.1) is 0 Å². The zero-order valence-electron chi connectivity index (χ0n) is 14.8. The lowest BCUT2D eigenvalue weighted by atomic mass is 9.82. The summed E-state index contributed by atoms with van der Waals surface area (Å²) in [7, 11) is 0. The average molecular weight is 377 g/mol. The van der Waals surface area contributed by atoms with Crippen LogP contribution in [0.1, 0.15) is 55.6 Å². The number of allylic oxidation sites excluding steroid dienone is 3. The van der Waals surface area contributed by atoms with Crippen LogP contribution >= 0.6 is 0 Å². The molecule has 9 heteroatoms. The minimum absolute atomic E-state index is 0.0561. The van der Waals surface area contributed by atoms with Gasteiger partial charge >= 0.3 is 12.3 Å². The first-order chi connectivity index (χ1) is 12.8. The van der Waals surface area contributed by atoms with Gasteiger partial charge in [-0.05, 0) is 17.6 Å². The van der Waals surface area contributed by atoms with Crippen molar-refractivity contribution in [1.29, 1.82) is 0 Å². The molecule has 0 saturated carbocycles. The fraction of sp³-hybridized carbons (Fsp3) is 0.389. The highest BCUT2D eigenvalue weighted by atomic mass is 16.7. The van der Waals surface area contributed by atoms with E-state index in [1.807, 2.05) is 6.92 Å². The Morgan fingerprint density at radius 1 is 1.26 bits per heavy atom. The maximum absolute atomic E-state index is 12.9. The zero-order valence-corrected chi connectivity index (χ0v) is 14.8. The van der Waals surface area contributed by atoms with Gasteiger partial charge in [-0.3, -0.25) is 4.79 Å². The molecule has 1 atom stereocenters. The van der Waals surface area contributed by atoms with Crippen LogP contribution in [0.3, 0.4) is 0 Å². The van der Waals surface area contributed by atoms with E-state index in [2.05, 4.69) is 9.72 Å². The largest absolute Gasteiger partial charge is 0.512 e. The maximum Gasteiger partial charge on any atom is 0.512 e. The van der Waals surface area contributed by atoms with Crippen LogP contribution in [-0.4, -0.2) is 39.4 Å². The van der Waals surface area contributed by atoms with E-state index in [1.54, 1.807) is 6.92 Å². The molecule has 0 fully saturated rings. The Kier molecular flexibility index (Phi) is 4.93. The van der Waals surface area contributed by atoms with Crippen molar-refractivity contribution in [2.24, 2.45) is 0 Å². The summed E-state index contributed by atoms with van der Waals surface area (Å²) < 4.78 is 15.3. The third-order valence-electron chi connectivity index (χ3n) is 4.45. The molecule has 1 aromatic rings. The molecule has 0 saturated heterocycles. The smallest absolute Gasteiger partial charge is 0.479 e.